The molecule has 1 N–H and O–H groups in total. The van der Waals surface area contributed by atoms with Crippen molar-refractivity contribution in [2.75, 3.05) is 0 Å². The fourth-order valence-electron chi connectivity index (χ4n) is 0.383. The van der Waals surface area contributed by atoms with Gasteiger partial charge in [0.1, 0.15) is 0 Å². The van der Waals surface area contributed by atoms with Crippen LogP contribution in [0.15, 0.2) is 30.6 Å². The molecule has 0 saturated heterocycles. The maximum absolute atomic E-state index is 10.2. The summed E-state index contributed by atoms with van der Waals surface area (Å²) >= 11 is -0.250. The van der Waals surface area contributed by atoms with E-state index in [0.717, 1.165) is 4.73 Å². The summed E-state index contributed by atoms with van der Waals surface area (Å²) in [6.07, 6.45) is 2.89. The maximum atomic E-state index is 10.2. The summed E-state index contributed by atoms with van der Waals surface area (Å²) in [6, 6.07) is 5.18. The lowest BCUT2D eigenvalue weighted by atomic mass is 10.5. The van der Waals surface area contributed by atoms with Gasteiger partial charge >= 0.3 is 0 Å². The van der Waals surface area contributed by atoms with Crippen LogP contribution in [0.4, 0.5) is 0 Å². The summed E-state index contributed by atoms with van der Waals surface area (Å²) in [5, 5.41) is 10.2. The number of hydrogen-bond donors (Lipinski definition) is 1. The van der Waals surface area contributed by atoms with Gasteiger partial charge in [-0.3, -0.25) is 0 Å². The Morgan fingerprint density at radius 1 is 1.30 bits per heavy atom. The largest absolute Gasteiger partial charge is 0.619 e. The normalized spacial score (nSPS) is 7.20. The Balaban J connectivity index is 0.000000236. The highest BCUT2D eigenvalue weighted by Crippen LogP contribution is 1.72. The van der Waals surface area contributed by atoms with Gasteiger partial charge in [-0.05, 0) is 0 Å². The Hall–Kier alpha value is -1.23. The topological polar surface area (TPSA) is 67.9 Å². The highest BCUT2D eigenvalue weighted by atomic mass is 32.1. The lowest BCUT2D eigenvalue weighted by Crippen LogP contribution is -2.22. The number of aromatic nitrogens is 1. The molecule has 0 aromatic carbocycles. The second kappa shape index (κ2) is 5.90. The molecule has 0 saturated carbocycles. The first kappa shape index (κ1) is 8.77. The van der Waals surface area contributed by atoms with Crippen molar-refractivity contribution in [3.8, 4) is 0 Å². The first-order valence-electron chi connectivity index (χ1n) is 2.40. The second-order valence-electron chi connectivity index (χ2n) is 1.32. The zero-order valence-corrected chi connectivity index (χ0v) is 5.88. The molecular weight excluding hydrogens is 152 g/mol. The summed E-state index contributed by atoms with van der Waals surface area (Å²) in [4.78, 5) is 0. The number of nitrogens with one attached hydrogen (secondary N) is 1. The quantitative estimate of drug-likeness (QED) is 0.435. The number of rotatable bonds is 0. The molecule has 0 unspecified atom stereocenters. The molecule has 1 aromatic heterocycles. The van der Waals surface area contributed by atoms with E-state index in [1.165, 1.54) is 12.4 Å². The van der Waals surface area contributed by atoms with E-state index >= 15 is 0 Å². The minimum absolute atomic E-state index is 0.250. The average molecular weight is 158 g/mol. The zero-order chi connectivity index (χ0) is 7.82. The third-order valence-corrected chi connectivity index (χ3v) is 0.688. The molecule has 0 aliphatic heterocycles. The molecule has 0 aliphatic carbocycles. The first-order chi connectivity index (χ1) is 4.81. The van der Waals surface area contributed by atoms with Gasteiger partial charge in [0.2, 0.25) is 0 Å². The Labute approximate surface area is 61.7 Å². The third-order valence-electron chi connectivity index (χ3n) is 0.688. The van der Waals surface area contributed by atoms with E-state index < -0.39 is 0 Å². The van der Waals surface area contributed by atoms with Gasteiger partial charge in [0, 0.05) is 12.1 Å². The summed E-state index contributed by atoms with van der Waals surface area (Å²) in [6.45, 7) is 0. The van der Waals surface area contributed by atoms with Gasteiger partial charge in [0.05, 0.1) is 0 Å². The second-order valence-corrected chi connectivity index (χ2v) is 1.49. The van der Waals surface area contributed by atoms with Crippen LogP contribution in [0.1, 0.15) is 0 Å². The lowest BCUT2D eigenvalue weighted by Gasteiger charge is -1.88. The highest BCUT2D eigenvalue weighted by Gasteiger charge is 1.74. The van der Waals surface area contributed by atoms with Crippen LogP contribution in [-0.2, 0) is 11.5 Å². The maximum Gasteiger partial charge on any atom is 0.196 e. The summed E-state index contributed by atoms with van der Waals surface area (Å²) < 4.78 is 14.8. The summed E-state index contributed by atoms with van der Waals surface area (Å²) in [7, 11) is 0. The monoisotopic (exact) mass is 158 g/mol. The lowest BCUT2D eigenvalue weighted by molar-refractivity contribution is -0.605. The van der Waals surface area contributed by atoms with Crippen LogP contribution >= 0.6 is 0 Å². The van der Waals surface area contributed by atoms with Crippen molar-refractivity contribution in [3.63, 3.8) is 0 Å². The van der Waals surface area contributed by atoms with E-state index in [4.69, 9.17) is 8.99 Å². The van der Waals surface area contributed by atoms with Crippen LogP contribution in [0.3, 0.4) is 0 Å². The summed E-state index contributed by atoms with van der Waals surface area (Å²) in [5.74, 6) is 0. The molecule has 54 valence electrons. The zero-order valence-electron chi connectivity index (χ0n) is 5.06. The van der Waals surface area contributed by atoms with Crippen molar-refractivity contribution in [2.24, 2.45) is 0 Å². The van der Waals surface area contributed by atoms with Gasteiger partial charge in [-0.15, -0.1) is 0 Å². The number of nitrogens with zero attached hydrogens (tertiary/aromatic N) is 1. The minimum Gasteiger partial charge on any atom is -0.619 e. The molecule has 1 rings (SSSR count). The molecule has 5 heteroatoms. The molecule has 0 aliphatic rings. The predicted molar refractivity (Wildman–Crippen MR) is 36.3 cm³/mol. The van der Waals surface area contributed by atoms with Crippen molar-refractivity contribution in [1.29, 1.82) is 4.78 Å². The van der Waals surface area contributed by atoms with Crippen molar-refractivity contribution >= 4 is 11.5 Å². The number of pyridine rings is 1. The molecule has 0 atom stereocenters. The van der Waals surface area contributed by atoms with Crippen molar-refractivity contribution in [1.82, 2.24) is 0 Å². The van der Waals surface area contributed by atoms with E-state index in [0.29, 0.717) is 0 Å². The Kier molecular flexibility index (Phi) is 5.17. The molecule has 0 radical (unpaired) electrons. The standard InChI is InChI=1S/C5H5NO.HNOS/c7-6-4-2-1-3-5-6;1-3-2/h1-5H;1H. The molecule has 0 amide bonds. The molecule has 10 heavy (non-hydrogen) atoms. The molecule has 0 spiro atoms. The van der Waals surface area contributed by atoms with E-state index in [9.17, 15) is 5.21 Å². The highest BCUT2D eigenvalue weighted by molar-refractivity contribution is 7.53. The summed E-state index contributed by atoms with van der Waals surface area (Å²) in [5.41, 5.74) is 0. The fraction of sp³-hybridized carbons (Fsp3) is 0. The van der Waals surface area contributed by atoms with Crippen LogP contribution in [0.2, 0.25) is 0 Å². The molecule has 4 nitrogen and oxygen atoms in total. The van der Waals surface area contributed by atoms with Crippen LogP contribution < -0.4 is 4.73 Å². The third kappa shape index (κ3) is 4.92. The Morgan fingerprint density at radius 3 is 1.90 bits per heavy atom. The average Bonchev–Trinajstić information content (AvgIpc) is 1.91. The predicted octanol–water partition coefficient (Wildman–Crippen LogP) is 0.282. The van der Waals surface area contributed by atoms with E-state index in [2.05, 4.69) is 0 Å². The van der Waals surface area contributed by atoms with Gasteiger partial charge in [0.25, 0.3) is 0 Å². The first-order valence-corrected chi connectivity index (χ1v) is 3.14. The Morgan fingerprint density at radius 2 is 1.70 bits per heavy atom. The molecule has 0 bridgehead atoms. The smallest absolute Gasteiger partial charge is 0.196 e. The molecule has 0 fully saturated rings. The van der Waals surface area contributed by atoms with E-state index in [-0.39, 0.29) is 11.5 Å². The van der Waals surface area contributed by atoms with Crippen LogP contribution in [0.5, 0.6) is 0 Å². The SMILES string of the molecule is N=S=O.[O-][n+]1ccccc1. The van der Waals surface area contributed by atoms with Crippen molar-refractivity contribution in [3.05, 3.63) is 35.8 Å². The van der Waals surface area contributed by atoms with E-state index in [1.54, 1.807) is 18.2 Å². The van der Waals surface area contributed by atoms with Crippen molar-refractivity contribution < 1.29 is 8.94 Å². The van der Waals surface area contributed by atoms with Crippen molar-refractivity contribution in [2.45, 2.75) is 0 Å². The van der Waals surface area contributed by atoms with Crippen LogP contribution in [0, 0.1) is 9.99 Å². The van der Waals surface area contributed by atoms with Gasteiger partial charge in [-0.2, -0.15) is 8.94 Å². The molecule has 1 heterocycles. The van der Waals surface area contributed by atoms with Gasteiger partial charge in [0.15, 0.2) is 23.9 Å². The van der Waals surface area contributed by atoms with Gasteiger partial charge < -0.3 is 5.21 Å². The van der Waals surface area contributed by atoms with Crippen LogP contribution in [-0.4, -0.2) is 4.21 Å². The Bertz CT molecular complexity index is 208. The molecular formula is C5H6N2O2S. The minimum atomic E-state index is -0.250. The van der Waals surface area contributed by atoms with Gasteiger partial charge in [-0.1, -0.05) is 6.07 Å². The fourth-order valence-corrected chi connectivity index (χ4v) is 0.383. The molecule has 1 aromatic rings. The van der Waals surface area contributed by atoms with E-state index in [1.807, 2.05) is 0 Å². The van der Waals surface area contributed by atoms with Crippen LogP contribution in [0.25, 0.3) is 0 Å². The van der Waals surface area contributed by atoms with Gasteiger partial charge in [-0.25, -0.2) is 4.78 Å². The number of hydrogen-bond acceptors (Lipinski definition) is 3.